The molecule has 0 aliphatic carbocycles. The smallest absolute Gasteiger partial charge is 0.271 e. The Hall–Kier alpha value is -3.14. The molecule has 2 aromatic rings. The van der Waals surface area contributed by atoms with Crippen LogP contribution in [0, 0.1) is 11.3 Å². The summed E-state index contributed by atoms with van der Waals surface area (Å²) < 4.78 is 5.79. The maximum atomic E-state index is 12.8. The maximum Gasteiger partial charge on any atom is 0.271 e. The third kappa shape index (κ3) is 3.77. The van der Waals surface area contributed by atoms with Crippen LogP contribution in [-0.4, -0.2) is 34.5 Å². The number of halogens is 1. The molecule has 1 N–H and O–H groups in total. The highest BCUT2D eigenvalue weighted by atomic mass is 35.5. The summed E-state index contributed by atoms with van der Waals surface area (Å²) in [6, 6.07) is 12.4. The fourth-order valence-corrected chi connectivity index (χ4v) is 3.03. The Balaban J connectivity index is 2.01. The predicted molar refractivity (Wildman–Crippen MR) is 104 cm³/mol. The van der Waals surface area contributed by atoms with E-state index in [0.717, 1.165) is 10.5 Å². The molecule has 1 aliphatic heterocycles. The van der Waals surface area contributed by atoms with Crippen LogP contribution in [0.5, 0.6) is 0 Å². The van der Waals surface area contributed by atoms with Crippen molar-refractivity contribution in [3.63, 3.8) is 0 Å². The number of carbonyl (C=O) groups is 2. The maximum absolute atomic E-state index is 12.8. The van der Waals surface area contributed by atoms with Crippen molar-refractivity contribution >= 4 is 29.5 Å². The molecule has 0 bridgehead atoms. The number of β-amino-alcohol motifs (C(OH)–C–C–N with tert-alkyl or cyclic N) is 1. The van der Waals surface area contributed by atoms with Gasteiger partial charge >= 0.3 is 0 Å². The van der Waals surface area contributed by atoms with E-state index in [1.54, 1.807) is 31.2 Å². The number of furan rings is 1. The zero-order chi connectivity index (χ0) is 20.4. The van der Waals surface area contributed by atoms with E-state index in [9.17, 15) is 20.0 Å². The van der Waals surface area contributed by atoms with Crippen LogP contribution in [0.1, 0.15) is 19.6 Å². The zero-order valence-corrected chi connectivity index (χ0v) is 16.0. The SMILES string of the molecule is CC1=C(C#N)C(=O)N(CC(C)O)C(=O)/C1=C\c1ccc(-c2ccc(Cl)cc2)o1. The summed E-state index contributed by atoms with van der Waals surface area (Å²) in [6.07, 6.45) is 0.586. The second-order valence-corrected chi connectivity index (χ2v) is 6.89. The minimum Gasteiger partial charge on any atom is -0.457 e. The molecule has 0 saturated carbocycles. The minimum absolute atomic E-state index is 0.129. The lowest BCUT2D eigenvalue weighted by Gasteiger charge is -2.28. The first-order chi connectivity index (χ1) is 13.3. The van der Waals surface area contributed by atoms with Gasteiger partial charge in [-0.25, -0.2) is 0 Å². The van der Waals surface area contributed by atoms with Crippen molar-refractivity contribution in [2.24, 2.45) is 0 Å². The number of aliphatic hydroxyl groups is 1. The van der Waals surface area contributed by atoms with Gasteiger partial charge in [0.2, 0.25) is 0 Å². The second-order valence-electron chi connectivity index (χ2n) is 6.45. The Labute approximate surface area is 166 Å². The average molecular weight is 397 g/mol. The molecule has 0 fully saturated rings. The van der Waals surface area contributed by atoms with E-state index in [0.29, 0.717) is 16.5 Å². The van der Waals surface area contributed by atoms with Crippen LogP contribution in [0.25, 0.3) is 17.4 Å². The molecule has 2 amide bonds. The second kappa shape index (κ2) is 7.85. The first-order valence-corrected chi connectivity index (χ1v) is 8.92. The van der Waals surface area contributed by atoms with Gasteiger partial charge in [-0.3, -0.25) is 14.5 Å². The van der Waals surface area contributed by atoms with Crippen LogP contribution >= 0.6 is 11.6 Å². The van der Waals surface area contributed by atoms with Crippen molar-refractivity contribution in [2.75, 3.05) is 6.54 Å². The molecule has 6 nitrogen and oxygen atoms in total. The molecular formula is C21H17ClN2O4. The topological polar surface area (TPSA) is 94.5 Å². The molecule has 1 aromatic carbocycles. The third-order valence-electron chi connectivity index (χ3n) is 4.31. The van der Waals surface area contributed by atoms with Crippen LogP contribution in [-0.2, 0) is 9.59 Å². The summed E-state index contributed by atoms with van der Waals surface area (Å²) in [5.41, 5.74) is 1.15. The average Bonchev–Trinajstić information content (AvgIpc) is 3.12. The van der Waals surface area contributed by atoms with Crippen molar-refractivity contribution in [2.45, 2.75) is 20.0 Å². The van der Waals surface area contributed by atoms with Crippen molar-refractivity contribution in [3.8, 4) is 17.4 Å². The van der Waals surface area contributed by atoms with Crippen LogP contribution in [0.2, 0.25) is 5.02 Å². The summed E-state index contributed by atoms with van der Waals surface area (Å²) in [5, 5.41) is 19.5. The lowest BCUT2D eigenvalue weighted by atomic mass is 9.94. The van der Waals surface area contributed by atoms with Gasteiger partial charge < -0.3 is 9.52 Å². The fourth-order valence-electron chi connectivity index (χ4n) is 2.90. The monoisotopic (exact) mass is 396 g/mol. The Bertz CT molecular complexity index is 1040. The molecular weight excluding hydrogens is 380 g/mol. The number of rotatable bonds is 4. The van der Waals surface area contributed by atoms with Crippen molar-refractivity contribution in [3.05, 3.63) is 63.9 Å². The number of aliphatic hydroxyl groups excluding tert-OH is 1. The number of imide groups is 1. The summed E-state index contributed by atoms with van der Waals surface area (Å²) in [6.45, 7) is 2.82. The number of hydrogen-bond acceptors (Lipinski definition) is 5. The highest BCUT2D eigenvalue weighted by Crippen LogP contribution is 2.29. The Morgan fingerprint density at radius 1 is 1.21 bits per heavy atom. The van der Waals surface area contributed by atoms with E-state index >= 15 is 0 Å². The van der Waals surface area contributed by atoms with E-state index < -0.39 is 17.9 Å². The molecule has 0 spiro atoms. The van der Waals surface area contributed by atoms with E-state index in [4.69, 9.17) is 16.0 Å². The Morgan fingerprint density at radius 3 is 2.50 bits per heavy atom. The summed E-state index contributed by atoms with van der Waals surface area (Å²) in [4.78, 5) is 26.0. The van der Waals surface area contributed by atoms with Gasteiger partial charge in [0.1, 0.15) is 23.2 Å². The van der Waals surface area contributed by atoms with E-state index in [-0.39, 0.29) is 23.3 Å². The van der Waals surface area contributed by atoms with Gasteiger partial charge in [-0.1, -0.05) is 11.6 Å². The highest BCUT2D eigenvalue weighted by molar-refractivity contribution is 6.30. The Kier molecular flexibility index (Phi) is 5.50. The Morgan fingerprint density at radius 2 is 1.89 bits per heavy atom. The predicted octanol–water partition coefficient (Wildman–Crippen LogP) is 3.57. The van der Waals surface area contributed by atoms with E-state index in [2.05, 4.69) is 0 Å². The van der Waals surface area contributed by atoms with Gasteiger partial charge in [-0.2, -0.15) is 5.26 Å². The first-order valence-electron chi connectivity index (χ1n) is 8.55. The number of nitriles is 1. The molecule has 1 unspecified atom stereocenters. The molecule has 7 heteroatoms. The van der Waals surface area contributed by atoms with Gasteiger partial charge in [0.05, 0.1) is 12.6 Å². The number of hydrogen-bond donors (Lipinski definition) is 1. The molecule has 1 aromatic heterocycles. The molecule has 1 atom stereocenters. The third-order valence-corrected chi connectivity index (χ3v) is 4.57. The number of carbonyl (C=O) groups excluding carboxylic acids is 2. The summed E-state index contributed by atoms with van der Waals surface area (Å²) in [7, 11) is 0. The van der Waals surface area contributed by atoms with Crippen LogP contribution in [0.3, 0.4) is 0 Å². The summed E-state index contributed by atoms with van der Waals surface area (Å²) in [5.74, 6) is -0.293. The molecule has 3 rings (SSSR count). The molecule has 0 saturated heterocycles. The fraction of sp³-hybridized carbons (Fsp3) is 0.190. The number of amides is 2. The normalized spacial score (nSPS) is 17.2. The van der Waals surface area contributed by atoms with Gasteiger partial charge in [0.25, 0.3) is 11.8 Å². The van der Waals surface area contributed by atoms with Crippen LogP contribution in [0.4, 0.5) is 0 Å². The van der Waals surface area contributed by atoms with Gasteiger partial charge in [0, 0.05) is 16.2 Å². The molecule has 2 heterocycles. The lowest BCUT2D eigenvalue weighted by molar-refractivity contribution is -0.141. The molecule has 142 valence electrons. The van der Waals surface area contributed by atoms with Crippen molar-refractivity contribution < 1.29 is 19.1 Å². The number of benzene rings is 1. The number of nitrogens with zero attached hydrogens (tertiary/aromatic N) is 2. The molecule has 28 heavy (non-hydrogen) atoms. The molecule has 0 radical (unpaired) electrons. The highest BCUT2D eigenvalue weighted by Gasteiger charge is 2.36. The van der Waals surface area contributed by atoms with Crippen LogP contribution < -0.4 is 0 Å². The zero-order valence-electron chi connectivity index (χ0n) is 15.3. The van der Waals surface area contributed by atoms with Crippen LogP contribution in [0.15, 0.2) is 57.5 Å². The van der Waals surface area contributed by atoms with E-state index in [1.165, 1.54) is 13.0 Å². The van der Waals surface area contributed by atoms with Gasteiger partial charge in [-0.05, 0) is 61.9 Å². The minimum atomic E-state index is -0.910. The molecule has 1 aliphatic rings. The lowest BCUT2D eigenvalue weighted by Crippen LogP contribution is -2.45. The van der Waals surface area contributed by atoms with Gasteiger partial charge in [0.15, 0.2) is 0 Å². The van der Waals surface area contributed by atoms with Crippen molar-refractivity contribution in [1.29, 1.82) is 5.26 Å². The van der Waals surface area contributed by atoms with Gasteiger partial charge in [-0.15, -0.1) is 0 Å². The quantitative estimate of drug-likeness (QED) is 0.629. The standard InChI is InChI=1S/C21H17ClN2O4/c1-12(25)11-24-20(26)17(13(2)18(10-23)21(24)27)9-16-7-8-19(28-16)14-3-5-15(22)6-4-14/h3-9,12,25H,11H2,1-2H3/b17-9-. The van der Waals surface area contributed by atoms with E-state index in [1.807, 2.05) is 18.2 Å². The van der Waals surface area contributed by atoms with Crippen molar-refractivity contribution in [1.82, 2.24) is 4.90 Å². The largest absolute Gasteiger partial charge is 0.457 e. The first kappa shape index (κ1) is 19.6. The summed E-state index contributed by atoms with van der Waals surface area (Å²) >= 11 is 5.90.